The molecule has 1 aliphatic heterocycles. The maximum absolute atomic E-state index is 11.7. The molecule has 0 aromatic rings. The molecule has 0 aromatic carbocycles. The highest BCUT2D eigenvalue weighted by Crippen LogP contribution is 2.24. The van der Waals surface area contributed by atoms with Gasteiger partial charge in [-0.25, -0.2) is 0 Å². The average molecular weight is 231 g/mol. The van der Waals surface area contributed by atoms with Crippen molar-refractivity contribution in [1.82, 2.24) is 5.32 Å². The molecule has 1 fully saturated rings. The molecule has 2 unspecified atom stereocenters. The van der Waals surface area contributed by atoms with Crippen LogP contribution in [-0.2, 0) is 4.79 Å². The molecule has 4 heteroatoms. The summed E-state index contributed by atoms with van der Waals surface area (Å²) in [4.78, 5) is 11.7. The first-order valence-electron chi connectivity index (χ1n) is 5.68. The summed E-state index contributed by atoms with van der Waals surface area (Å²) >= 11 is 1.74. The summed E-state index contributed by atoms with van der Waals surface area (Å²) in [6.07, 6.45) is 2.93. The third-order valence-electron chi connectivity index (χ3n) is 2.73. The Morgan fingerprint density at radius 2 is 2.27 bits per heavy atom. The van der Waals surface area contributed by atoms with Crippen LogP contribution < -0.4 is 5.32 Å². The van der Waals surface area contributed by atoms with Crippen molar-refractivity contribution in [3.05, 3.63) is 0 Å². The largest absolute Gasteiger partial charge is 0.391 e. The van der Waals surface area contributed by atoms with Crippen LogP contribution in [0.3, 0.4) is 0 Å². The van der Waals surface area contributed by atoms with Crippen molar-refractivity contribution in [2.45, 2.75) is 44.5 Å². The molecule has 0 aliphatic carbocycles. The number of hydrogen-bond donors (Lipinski definition) is 2. The normalized spacial score (nSPS) is 23.9. The molecule has 2 N–H and O–H groups in total. The minimum Gasteiger partial charge on any atom is -0.391 e. The predicted molar refractivity (Wildman–Crippen MR) is 64.0 cm³/mol. The van der Waals surface area contributed by atoms with E-state index in [1.54, 1.807) is 11.8 Å². The summed E-state index contributed by atoms with van der Waals surface area (Å²) in [7, 11) is 0. The van der Waals surface area contributed by atoms with Crippen molar-refractivity contribution in [3.8, 4) is 0 Å². The zero-order chi connectivity index (χ0) is 11.3. The van der Waals surface area contributed by atoms with Gasteiger partial charge >= 0.3 is 0 Å². The summed E-state index contributed by atoms with van der Waals surface area (Å²) in [5, 5.41) is 12.5. The number of nitrogens with one attached hydrogen (secondary N) is 1. The minimum atomic E-state index is -0.428. The Morgan fingerprint density at radius 3 is 2.80 bits per heavy atom. The molecule has 15 heavy (non-hydrogen) atoms. The lowest BCUT2D eigenvalue weighted by Gasteiger charge is -2.22. The highest BCUT2D eigenvalue weighted by molar-refractivity contribution is 8.00. The van der Waals surface area contributed by atoms with Gasteiger partial charge in [-0.2, -0.15) is 0 Å². The van der Waals surface area contributed by atoms with Crippen molar-refractivity contribution in [2.24, 2.45) is 5.92 Å². The molecular formula is C11H21NO2S. The van der Waals surface area contributed by atoms with Gasteiger partial charge < -0.3 is 10.4 Å². The molecule has 88 valence electrons. The zero-order valence-electron chi connectivity index (χ0n) is 9.53. The van der Waals surface area contributed by atoms with Crippen molar-refractivity contribution >= 4 is 17.7 Å². The molecule has 0 saturated carbocycles. The third kappa shape index (κ3) is 4.43. The summed E-state index contributed by atoms with van der Waals surface area (Å²) in [5.74, 6) is 1.38. The first kappa shape index (κ1) is 12.8. The number of aliphatic hydroxyl groups excluding tert-OH is 1. The molecule has 1 saturated heterocycles. The van der Waals surface area contributed by atoms with E-state index in [4.69, 9.17) is 0 Å². The fourth-order valence-electron chi connectivity index (χ4n) is 1.50. The topological polar surface area (TPSA) is 49.3 Å². The van der Waals surface area contributed by atoms with Gasteiger partial charge in [-0.05, 0) is 24.5 Å². The summed E-state index contributed by atoms with van der Waals surface area (Å²) in [5.41, 5.74) is 0. The van der Waals surface area contributed by atoms with Crippen molar-refractivity contribution in [1.29, 1.82) is 0 Å². The van der Waals surface area contributed by atoms with E-state index in [0.29, 0.717) is 6.54 Å². The van der Waals surface area contributed by atoms with Gasteiger partial charge in [0, 0.05) is 6.54 Å². The van der Waals surface area contributed by atoms with E-state index in [-0.39, 0.29) is 17.1 Å². The van der Waals surface area contributed by atoms with Crippen molar-refractivity contribution < 1.29 is 9.90 Å². The number of amides is 1. The van der Waals surface area contributed by atoms with Gasteiger partial charge in [0.05, 0.1) is 11.4 Å². The van der Waals surface area contributed by atoms with E-state index in [2.05, 4.69) is 5.32 Å². The van der Waals surface area contributed by atoms with Gasteiger partial charge in [0.1, 0.15) is 0 Å². The van der Waals surface area contributed by atoms with Gasteiger partial charge in [0.25, 0.3) is 0 Å². The second kappa shape index (κ2) is 6.38. The Morgan fingerprint density at radius 1 is 1.53 bits per heavy atom. The molecule has 3 nitrogen and oxygen atoms in total. The number of aliphatic hydroxyl groups is 1. The van der Waals surface area contributed by atoms with Crippen LogP contribution in [0, 0.1) is 5.92 Å². The van der Waals surface area contributed by atoms with Crippen LogP contribution >= 0.6 is 11.8 Å². The van der Waals surface area contributed by atoms with Gasteiger partial charge in [0.2, 0.25) is 5.91 Å². The van der Waals surface area contributed by atoms with Crippen LogP contribution in [-0.4, -0.2) is 34.7 Å². The van der Waals surface area contributed by atoms with Gasteiger partial charge in [-0.15, -0.1) is 11.8 Å². The molecule has 1 heterocycles. The molecule has 1 amide bonds. The van der Waals surface area contributed by atoms with E-state index in [9.17, 15) is 9.90 Å². The van der Waals surface area contributed by atoms with Crippen LogP contribution in [0.2, 0.25) is 0 Å². The second-order valence-electron chi connectivity index (χ2n) is 4.41. The van der Waals surface area contributed by atoms with E-state index in [1.165, 1.54) is 6.42 Å². The van der Waals surface area contributed by atoms with Gasteiger partial charge in [0.15, 0.2) is 0 Å². The summed E-state index contributed by atoms with van der Waals surface area (Å²) in [6, 6.07) is 0. The zero-order valence-corrected chi connectivity index (χ0v) is 10.3. The third-order valence-corrected chi connectivity index (χ3v) is 4.10. The lowest BCUT2D eigenvalue weighted by molar-refractivity contribution is -0.121. The quantitative estimate of drug-likeness (QED) is 0.769. The standard InChI is InChI=1S/C11H21NO2S/c1-8(2)9(13)7-12-11(14)10-5-3-4-6-15-10/h8-10,13H,3-7H2,1-2H3,(H,12,14). The van der Waals surface area contributed by atoms with E-state index < -0.39 is 6.10 Å². The molecule has 0 aromatic heterocycles. The SMILES string of the molecule is CC(C)C(O)CNC(=O)C1CCCCS1. The molecule has 0 bridgehead atoms. The average Bonchev–Trinajstić information content (AvgIpc) is 2.26. The number of carbonyl (C=O) groups excluding carboxylic acids is 1. The Hall–Kier alpha value is -0.220. The van der Waals surface area contributed by atoms with E-state index in [0.717, 1.165) is 18.6 Å². The number of carbonyl (C=O) groups is 1. The second-order valence-corrected chi connectivity index (χ2v) is 5.72. The first-order chi connectivity index (χ1) is 7.11. The van der Waals surface area contributed by atoms with Crippen LogP contribution in [0.4, 0.5) is 0 Å². The molecular weight excluding hydrogens is 210 g/mol. The van der Waals surface area contributed by atoms with Crippen molar-refractivity contribution in [2.75, 3.05) is 12.3 Å². The Balaban J connectivity index is 2.22. The fraction of sp³-hybridized carbons (Fsp3) is 0.909. The van der Waals surface area contributed by atoms with Crippen LogP contribution in [0.5, 0.6) is 0 Å². The molecule has 0 spiro atoms. The van der Waals surface area contributed by atoms with Crippen LogP contribution in [0.1, 0.15) is 33.1 Å². The lowest BCUT2D eigenvalue weighted by atomic mass is 10.1. The smallest absolute Gasteiger partial charge is 0.233 e. The first-order valence-corrected chi connectivity index (χ1v) is 6.73. The summed E-state index contributed by atoms with van der Waals surface area (Å²) < 4.78 is 0. The predicted octanol–water partition coefficient (Wildman–Crippen LogP) is 1.41. The maximum Gasteiger partial charge on any atom is 0.233 e. The molecule has 2 atom stereocenters. The van der Waals surface area contributed by atoms with E-state index in [1.807, 2.05) is 13.8 Å². The van der Waals surface area contributed by atoms with E-state index >= 15 is 0 Å². The van der Waals surface area contributed by atoms with Gasteiger partial charge in [-0.3, -0.25) is 4.79 Å². The summed E-state index contributed by atoms with van der Waals surface area (Å²) in [6.45, 7) is 4.28. The van der Waals surface area contributed by atoms with Crippen LogP contribution in [0.15, 0.2) is 0 Å². The Labute approximate surface area is 96.0 Å². The number of rotatable bonds is 4. The molecule has 0 radical (unpaired) electrons. The Bertz CT molecular complexity index is 203. The lowest BCUT2D eigenvalue weighted by Crippen LogP contribution is -2.40. The fourth-order valence-corrected chi connectivity index (χ4v) is 2.73. The molecule has 1 aliphatic rings. The van der Waals surface area contributed by atoms with Crippen molar-refractivity contribution in [3.63, 3.8) is 0 Å². The highest BCUT2D eigenvalue weighted by atomic mass is 32.2. The van der Waals surface area contributed by atoms with Gasteiger partial charge in [-0.1, -0.05) is 20.3 Å². The maximum atomic E-state index is 11.7. The highest BCUT2D eigenvalue weighted by Gasteiger charge is 2.22. The van der Waals surface area contributed by atoms with Crippen LogP contribution in [0.25, 0.3) is 0 Å². The Kier molecular flexibility index (Phi) is 5.47. The number of hydrogen-bond acceptors (Lipinski definition) is 3. The molecule has 1 rings (SSSR count). The monoisotopic (exact) mass is 231 g/mol. The number of thioether (sulfide) groups is 1. The minimum absolute atomic E-state index is 0.0967.